The molecule has 4 rings (SSSR count). The molecular weight excluding hydrogens is 368 g/mol. The number of rotatable bonds is 6. The summed E-state index contributed by atoms with van der Waals surface area (Å²) in [7, 11) is 0. The zero-order valence-electron chi connectivity index (χ0n) is 14.9. The molecule has 0 radical (unpaired) electrons. The fourth-order valence-electron chi connectivity index (χ4n) is 3.03. The Hall–Kier alpha value is -3.31. The van der Waals surface area contributed by atoms with E-state index in [9.17, 15) is 9.90 Å². The number of nitrogens with zero attached hydrogens (tertiary/aromatic N) is 1. The lowest BCUT2D eigenvalue weighted by Gasteiger charge is -2.10. The SMILES string of the molecule is O=C(O)[C@@H](Sc1nc(-c2ccccc2)c(-c2ccccc2)[nH]1)c1ccccc1. The molecule has 28 heavy (non-hydrogen) atoms. The molecule has 3 aromatic carbocycles. The average Bonchev–Trinajstić information content (AvgIpc) is 3.18. The van der Waals surface area contributed by atoms with Crippen molar-refractivity contribution in [1.82, 2.24) is 9.97 Å². The number of aromatic amines is 1. The molecule has 4 aromatic rings. The second-order valence-electron chi connectivity index (χ2n) is 6.24. The molecule has 138 valence electrons. The predicted octanol–water partition coefficient (Wildman–Crippen LogP) is 5.66. The standard InChI is InChI=1S/C23H18N2O2S/c26-22(27)21(18-14-8-3-9-15-18)28-23-24-19(16-10-4-1-5-11-16)20(25-23)17-12-6-2-7-13-17/h1-15,21H,(H,24,25)(H,26,27)/t21-/m0/s1. The topological polar surface area (TPSA) is 66.0 Å². The summed E-state index contributed by atoms with van der Waals surface area (Å²) >= 11 is 1.21. The Kier molecular flexibility index (Phi) is 5.26. The third-order valence-electron chi connectivity index (χ3n) is 4.35. The smallest absolute Gasteiger partial charge is 0.321 e. The van der Waals surface area contributed by atoms with E-state index in [2.05, 4.69) is 4.98 Å². The molecule has 0 bridgehead atoms. The Morgan fingerprint density at radius 3 is 1.93 bits per heavy atom. The Morgan fingerprint density at radius 2 is 1.36 bits per heavy atom. The summed E-state index contributed by atoms with van der Waals surface area (Å²) in [5, 5.41) is 9.58. The first kappa shape index (κ1) is 18.1. The van der Waals surface area contributed by atoms with Crippen LogP contribution in [0.2, 0.25) is 0 Å². The predicted molar refractivity (Wildman–Crippen MR) is 112 cm³/mol. The normalized spacial score (nSPS) is 11.9. The summed E-state index contributed by atoms with van der Waals surface area (Å²) in [6.45, 7) is 0. The second-order valence-corrected chi connectivity index (χ2v) is 7.34. The van der Waals surface area contributed by atoms with Gasteiger partial charge in [-0.15, -0.1) is 0 Å². The van der Waals surface area contributed by atoms with E-state index in [1.807, 2.05) is 91.0 Å². The molecular formula is C23H18N2O2S. The van der Waals surface area contributed by atoms with Crippen LogP contribution in [-0.2, 0) is 4.79 Å². The fraction of sp³-hybridized carbons (Fsp3) is 0.0435. The van der Waals surface area contributed by atoms with Crippen LogP contribution in [0, 0.1) is 0 Å². The second kappa shape index (κ2) is 8.15. The van der Waals surface area contributed by atoms with Crippen molar-refractivity contribution in [1.29, 1.82) is 0 Å². The van der Waals surface area contributed by atoms with E-state index < -0.39 is 11.2 Å². The molecule has 0 unspecified atom stereocenters. The number of imidazole rings is 1. The number of aromatic nitrogens is 2. The first-order chi connectivity index (χ1) is 13.7. The van der Waals surface area contributed by atoms with Crippen molar-refractivity contribution in [3.63, 3.8) is 0 Å². The molecule has 1 atom stereocenters. The first-order valence-corrected chi connectivity index (χ1v) is 9.75. The number of carbonyl (C=O) groups is 1. The van der Waals surface area contributed by atoms with Gasteiger partial charge in [-0.2, -0.15) is 0 Å². The molecule has 0 aliphatic heterocycles. The number of nitrogens with one attached hydrogen (secondary N) is 1. The van der Waals surface area contributed by atoms with Crippen molar-refractivity contribution >= 4 is 17.7 Å². The zero-order chi connectivity index (χ0) is 19.3. The van der Waals surface area contributed by atoms with Crippen molar-refractivity contribution in [3.8, 4) is 22.5 Å². The Bertz CT molecular complexity index is 1010. The Morgan fingerprint density at radius 1 is 0.821 bits per heavy atom. The van der Waals surface area contributed by atoms with Gasteiger partial charge in [-0.3, -0.25) is 4.79 Å². The Balaban J connectivity index is 1.76. The quantitative estimate of drug-likeness (QED) is 0.420. The lowest BCUT2D eigenvalue weighted by molar-refractivity contribution is -0.136. The van der Waals surface area contributed by atoms with E-state index in [1.165, 1.54) is 11.8 Å². The van der Waals surface area contributed by atoms with Crippen LogP contribution in [0.5, 0.6) is 0 Å². The minimum atomic E-state index is -0.893. The van der Waals surface area contributed by atoms with Gasteiger partial charge in [0.25, 0.3) is 0 Å². The van der Waals surface area contributed by atoms with Crippen LogP contribution in [0.1, 0.15) is 10.8 Å². The van der Waals surface area contributed by atoms with Gasteiger partial charge in [0.1, 0.15) is 5.25 Å². The maximum atomic E-state index is 11.9. The molecule has 5 heteroatoms. The van der Waals surface area contributed by atoms with E-state index in [4.69, 9.17) is 4.98 Å². The number of hydrogen-bond acceptors (Lipinski definition) is 3. The number of carboxylic acid groups (broad SMARTS) is 1. The van der Waals surface area contributed by atoms with Gasteiger partial charge >= 0.3 is 5.97 Å². The third-order valence-corrected chi connectivity index (χ3v) is 5.47. The number of hydrogen-bond donors (Lipinski definition) is 2. The summed E-state index contributed by atoms with van der Waals surface area (Å²) in [6, 6.07) is 29.1. The minimum absolute atomic E-state index is 0.578. The molecule has 0 aliphatic carbocycles. The molecule has 0 amide bonds. The van der Waals surface area contributed by atoms with Gasteiger partial charge in [-0.25, -0.2) is 4.98 Å². The van der Waals surface area contributed by atoms with Crippen LogP contribution in [0.4, 0.5) is 0 Å². The van der Waals surface area contributed by atoms with Crippen LogP contribution < -0.4 is 0 Å². The highest BCUT2D eigenvalue weighted by Crippen LogP contribution is 2.38. The lowest BCUT2D eigenvalue weighted by Crippen LogP contribution is -2.08. The summed E-state index contributed by atoms with van der Waals surface area (Å²) in [4.78, 5) is 20.0. The molecule has 4 nitrogen and oxygen atoms in total. The van der Waals surface area contributed by atoms with Crippen LogP contribution in [-0.4, -0.2) is 21.0 Å². The lowest BCUT2D eigenvalue weighted by atomic mass is 10.1. The molecule has 0 aliphatic rings. The zero-order valence-corrected chi connectivity index (χ0v) is 15.8. The van der Waals surface area contributed by atoms with E-state index in [-0.39, 0.29) is 0 Å². The van der Waals surface area contributed by atoms with Gasteiger partial charge in [0.15, 0.2) is 5.16 Å². The van der Waals surface area contributed by atoms with Crippen molar-refractivity contribution in [2.45, 2.75) is 10.4 Å². The molecule has 0 fully saturated rings. The van der Waals surface area contributed by atoms with Gasteiger partial charge in [-0.1, -0.05) is 103 Å². The minimum Gasteiger partial charge on any atom is -0.480 e. The van der Waals surface area contributed by atoms with Crippen molar-refractivity contribution in [2.75, 3.05) is 0 Å². The number of benzene rings is 3. The van der Waals surface area contributed by atoms with Crippen molar-refractivity contribution in [2.24, 2.45) is 0 Å². The molecule has 1 aromatic heterocycles. The van der Waals surface area contributed by atoms with Gasteiger partial charge in [-0.05, 0) is 5.56 Å². The summed E-state index contributed by atoms with van der Waals surface area (Å²) in [5.41, 5.74) is 4.42. The fourth-order valence-corrected chi connectivity index (χ4v) is 3.95. The molecule has 0 saturated carbocycles. The maximum absolute atomic E-state index is 11.9. The number of carboxylic acids is 1. The van der Waals surface area contributed by atoms with E-state index >= 15 is 0 Å². The number of H-pyrrole nitrogens is 1. The molecule has 1 heterocycles. The highest BCUT2D eigenvalue weighted by atomic mass is 32.2. The summed E-state index contributed by atoms with van der Waals surface area (Å²) in [5.74, 6) is -0.893. The van der Waals surface area contributed by atoms with E-state index in [1.54, 1.807) is 0 Å². The van der Waals surface area contributed by atoms with E-state index in [0.29, 0.717) is 5.16 Å². The maximum Gasteiger partial charge on any atom is 0.321 e. The van der Waals surface area contributed by atoms with Gasteiger partial charge in [0.05, 0.1) is 11.4 Å². The van der Waals surface area contributed by atoms with Crippen LogP contribution in [0.25, 0.3) is 22.5 Å². The molecule has 0 spiro atoms. The van der Waals surface area contributed by atoms with Gasteiger partial charge in [0.2, 0.25) is 0 Å². The average molecular weight is 386 g/mol. The summed E-state index contributed by atoms with van der Waals surface area (Å²) < 4.78 is 0. The van der Waals surface area contributed by atoms with Crippen LogP contribution >= 0.6 is 11.8 Å². The van der Waals surface area contributed by atoms with Crippen LogP contribution in [0.3, 0.4) is 0 Å². The highest BCUT2D eigenvalue weighted by Gasteiger charge is 2.24. The largest absolute Gasteiger partial charge is 0.480 e. The number of thioether (sulfide) groups is 1. The monoisotopic (exact) mass is 386 g/mol. The van der Waals surface area contributed by atoms with Gasteiger partial charge in [0, 0.05) is 11.1 Å². The first-order valence-electron chi connectivity index (χ1n) is 8.87. The van der Waals surface area contributed by atoms with Gasteiger partial charge < -0.3 is 10.1 Å². The van der Waals surface area contributed by atoms with Crippen LogP contribution in [0.15, 0.2) is 96.2 Å². The Labute approximate surface area is 167 Å². The summed E-state index contributed by atoms with van der Waals surface area (Å²) in [6.07, 6.45) is 0. The van der Waals surface area contributed by atoms with E-state index in [0.717, 1.165) is 28.1 Å². The third kappa shape index (κ3) is 3.85. The van der Waals surface area contributed by atoms with Crippen molar-refractivity contribution in [3.05, 3.63) is 96.6 Å². The molecule has 0 saturated heterocycles. The number of aliphatic carboxylic acids is 1. The highest BCUT2D eigenvalue weighted by molar-refractivity contribution is 8.00. The molecule has 2 N–H and O–H groups in total. The van der Waals surface area contributed by atoms with Crippen molar-refractivity contribution < 1.29 is 9.90 Å².